The van der Waals surface area contributed by atoms with Gasteiger partial charge in [-0.15, -0.1) is 0 Å². The first-order valence-corrected chi connectivity index (χ1v) is 10.0. The Morgan fingerprint density at radius 2 is 1.75 bits per heavy atom. The summed E-state index contributed by atoms with van der Waals surface area (Å²) in [6.45, 7) is 0. The lowest BCUT2D eigenvalue weighted by molar-refractivity contribution is -0.885. The van der Waals surface area contributed by atoms with Gasteiger partial charge in [0.25, 0.3) is 0 Å². The molecular weight excluding hydrogens is 425 g/mol. The molecule has 9 heteroatoms. The standard InChI is InChI=1S/C23H17F3N2O4/c1-32-22(31)19-17-16(18-15-8-3-2-5-12(15)9-10-27(18)19)20(29)28(21(17)30)14-7-4-6-13(11-14)23(24,25)26/h2-11,16-19H,1H3/p+1/t16-,17+,18+,19+/m0/s1. The predicted molar refractivity (Wildman–Crippen MR) is 106 cm³/mol. The molecule has 2 amide bonds. The number of imide groups is 1. The van der Waals surface area contributed by atoms with Gasteiger partial charge in [0.2, 0.25) is 17.9 Å². The molecule has 1 unspecified atom stereocenters. The van der Waals surface area contributed by atoms with E-state index in [9.17, 15) is 27.6 Å². The van der Waals surface area contributed by atoms with Gasteiger partial charge in [-0.1, -0.05) is 30.3 Å². The van der Waals surface area contributed by atoms with E-state index in [1.54, 1.807) is 6.20 Å². The molecule has 1 N–H and O–H groups in total. The van der Waals surface area contributed by atoms with Crippen LogP contribution in [-0.4, -0.2) is 30.9 Å². The molecular formula is C23H18F3N2O4+. The molecule has 3 heterocycles. The largest absolute Gasteiger partial charge is 0.465 e. The molecule has 0 radical (unpaired) electrons. The molecule has 0 saturated carbocycles. The van der Waals surface area contributed by atoms with E-state index >= 15 is 0 Å². The van der Waals surface area contributed by atoms with Gasteiger partial charge in [0.15, 0.2) is 0 Å². The molecule has 3 aliphatic rings. The number of halogens is 3. The SMILES string of the molecule is COC(=O)[C@H]1[C@@H]2C(=O)N(c3cccc(C(F)(F)F)c3)C(=O)[C@@H]2[C@H]2c3ccccc3C=C[NH+]21. The number of esters is 1. The number of carbonyl (C=O) groups is 3. The molecule has 3 aliphatic heterocycles. The van der Waals surface area contributed by atoms with Gasteiger partial charge in [-0.25, -0.2) is 9.69 Å². The quantitative estimate of drug-likeness (QED) is 0.570. The highest BCUT2D eigenvalue weighted by molar-refractivity contribution is 6.23. The number of benzene rings is 2. The Kier molecular flexibility index (Phi) is 4.49. The monoisotopic (exact) mass is 443 g/mol. The van der Waals surface area contributed by atoms with Crippen molar-refractivity contribution in [3.05, 3.63) is 71.4 Å². The Morgan fingerprint density at radius 3 is 2.47 bits per heavy atom. The molecule has 5 atom stereocenters. The highest BCUT2D eigenvalue weighted by atomic mass is 19.4. The van der Waals surface area contributed by atoms with E-state index in [2.05, 4.69) is 0 Å². The Balaban J connectivity index is 1.63. The number of alkyl halides is 3. The van der Waals surface area contributed by atoms with Crippen LogP contribution in [0.25, 0.3) is 6.08 Å². The molecule has 164 valence electrons. The van der Waals surface area contributed by atoms with E-state index in [-0.39, 0.29) is 5.69 Å². The van der Waals surface area contributed by atoms with Gasteiger partial charge in [-0.05, 0) is 29.8 Å². The zero-order valence-electron chi connectivity index (χ0n) is 16.8. The smallest absolute Gasteiger partial charge is 0.416 e. The van der Waals surface area contributed by atoms with Crippen LogP contribution in [0.15, 0.2) is 54.7 Å². The first-order chi connectivity index (χ1) is 15.2. The summed E-state index contributed by atoms with van der Waals surface area (Å²) < 4.78 is 44.6. The second-order valence-electron chi connectivity index (χ2n) is 8.05. The summed E-state index contributed by atoms with van der Waals surface area (Å²) in [6.07, 6.45) is -1.04. The third-order valence-electron chi connectivity index (χ3n) is 6.51. The van der Waals surface area contributed by atoms with Crippen molar-refractivity contribution in [2.24, 2.45) is 11.8 Å². The van der Waals surface area contributed by atoms with Crippen LogP contribution in [0.2, 0.25) is 0 Å². The van der Waals surface area contributed by atoms with Gasteiger partial charge in [0, 0.05) is 5.56 Å². The van der Waals surface area contributed by atoms with Crippen LogP contribution in [-0.2, 0) is 25.3 Å². The molecule has 0 spiro atoms. The first-order valence-electron chi connectivity index (χ1n) is 10.0. The Morgan fingerprint density at radius 1 is 1.03 bits per heavy atom. The lowest BCUT2D eigenvalue weighted by Gasteiger charge is -2.30. The van der Waals surface area contributed by atoms with Gasteiger partial charge in [0.1, 0.15) is 17.9 Å². The number of nitrogens with zero attached hydrogens (tertiary/aromatic N) is 1. The van der Waals surface area contributed by atoms with Gasteiger partial charge >= 0.3 is 12.1 Å². The summed E-state index contributed by atoms with van der Waals surface area (Å²) in [5.41, 5.74) is 0.547. The summed E-state index contributed by atoms with van der Waals surface area (Å²) in [7, 11) is 1.21. The minimum atomic E-state index is -4.62. The Bertz CT molecular complexity index is 1180. The van der Waals surface area contributed by atoms with Crippen LogP contribution in [0.1, 0.15) is 22.7 Å². The fraction of sp³-hybridized carbons (Fsp3) is 0.261. The number of quaternary nitrogens is 1. The molecule has 2 fully saturated rings. The molecule has 2 saturated heterocycles. The fourth-order valence-electron chi connectivity index (χ4n) is 5.22. The molecule has 0 aromatic heterocycles. The first kappa shape index (κ1) is 20.4. The van der Waals surface area contributed by atoms with Crippen molar-refractivity contribution in [2.75, 3.05) is 12.0 Å². The number of nitrogens with one attached hydrogen (secondary N) is 1. The van der Waals surface area contributed by atoms with Crippen molar-refractivity contribution in [1.29, 1.82) is 0 Å². The molecule has 0 aliphatic carbocycles. The normalized spacial score (nSPS) is 28.4. The number of methoxy groups -OCH3 is 1. The highest BCUT2D eigenvalue weighted by Gasteiger charge is 2.68. The average molecular weight is 443 g/mol. The van der Waals surface area contributed by atoms with Crippen molar-refractivity contribution >= 4 is 29.5 Å². The maximum Gasteiger partial charge on any atom is 0.416 e. The van der Waals surface area contributed by atoms with Gasteiger partial charge in [0.05, 0.1) is 24.6 Å². The zero-order chi connectivity index (χ0) is 22.8. The van der Waals surface area contributed by atoms with Crippen LogP contribution < -0.4 is 9.80 Å². The van der Waals surface area contributed by atoms with Crippen LogP contribution in [0.3, 0.4) is 0 Å². The van der Waals surface area contributed by atoms with E-state index in [0.29, 0.717) is 4.90 Å². The zero-order valence-corrected chi connectivity index (χ0v) is 16.8. The maximum absolute atomic E-state index is 13.5. The van der Waals surface area contributed by atoms with Crippen molar-refractivity contribution in [3.8, 4) is 0 Å². The van der Waals surface area contributed by atoms with Crippen molar-refractivity contribution in [2.45, 2.75) is 18.3 Å². The van der Waals surface area contributed by atoms with Crippen molar-refractivity contribution in [3.63, 3.8) is 0 Å². The molecule has 6 nitrogen and oxygen atoms in total. The Hall–Kier alpha value is -3.46. The van der Waals surface area contributed by atoms with Gasteiger partial charge in [-0.2, -0.15) is 13.2 Å². The second kappa shape index (κ2) is 7.03. The van der Waals surface area contributed by atoms with Crippen LogP contribution in [0, 0.1) is 11.8 Å². The van der Waals surface area contributed by atoms with E-state index in [1.807, 2.05) is 30.3 Å². The third kappa shape index (κ3) is 2.81. The van der Waals surface area contributed by atoms with Crippen LogP contribution >= 0.6 is 0 Å². The second-order valence-corrected chi connectivity index (χ2v) is 8.05. The van der Waals surface area contributed by atoms with E-state index in [1.165, 1.54) is 13.2 Å². The molecule has 5 rings (SSSR count). The number of hydrogen-bond donors (Lipinski definition) is 1. The van der Waals surface area contributed by atoms with E-state index in [0.717, 1.165) is 34.2 Å². The van der Waals surface area contributed by atoms with Crippen LogP contribution in [0.4, 0.5) is 18.9 Å². The molecule has 0 bridgehead atoms. The number of carbonyl (C=O) groups excluding carboxylic acids is 3. The lowest BCUT2D eigenvalue weighted by Crippen LogP contribution is -3.12. The summed E-state index contributed by atoms with van der Waals surface area (Å²) in [6, 6.07) is 9.95. The maximum atomic E-state index is 13.5. The predicted octanol–water partition coefficient (Wildman–Crippen LogP) is 1.98. The third-order valence-corrected chi connectivity index (χ3v) is 6.51. The summed E-state index contributed by atoms with van der Waals surface area (Å²) in [4.78, 5) is 41.0. The number of amides is 2. The number of ether oxygens (including phenoxy) is 1. The van der Waals surface area contributed by atoms with E-state index < -0.39 is 53.4 Å². The van der Waals surface area contributed by atoms with E-state index in [4.69, 9.17) is 4.74 Å². The number of fused-ring (bicyclic) bond motifs is 5. The summed E-state index contributed by atoms with van der Waals surface area (Å²) in [5, 5.41) is 0. The summed E-state index contributed by atoms with van der Waals surface area (Å²) in [5.74, 6) is -3.89. The highest BCUT2D eigenvalue weighted by Crippen LogP contribution is 2.45. The average Bonchev–Trinajstić information content (AvgIpc) is 3.25. The lowest BCUT2D eigenvalue weighted by atomic mass is 9.84. The topological polar surface area (TPSA) is 68.1 Å². The number of hydrogen-bond acceptors (Lipinski definition) is 4. The fourth-order valence-corrected chi connectivity index (χ4v) is 5.22. The summed E-state index contributed by atoms with van der Waals surface area (Å²) >= 11 is 0. The number of anilines is 1. The van der Waals surface area contributed by atoms with Crippen LogP contribution in [0.5, 0.6) is 0 Å². The van der Waals surface area contributed by atoms with Gasteiger partial charge in [-0.3, -0.25) is 14.5 Å². The van der Waals surface area contributed by atoms with Crippen molar-refractivity contribution < 1.29 is 37.2 Å². The molecule has 2 aromatic rings. The van der Waals surface area contributed by atoms with Crippen molar-refractivity contribution in [1.82, 2.24) is 0 Å². The Labute approximate surface area is 180 Å². The number of rotatable bonds is 2. The molecule has 32 heavy (non-hydrogen) atoms. The molecule has 2 aromatic carbocycles. The minimum Gasteiger partial charge on any atom is -0.465 e. The minimum absolute atomic E-state index is 0.158. The van der Waals surface area contributed by atoms with Gasteiger partial charge < -0.3 is 4.74 Å².